The summed E-state index contributed by atoms with van der Waals surface area (Å²) in [6, 6.07) is 6.11. The summed E-state index contributed by atoms with van der Waals surface area (Å²) in [5, 5.41) is 3.94. The van der Waals surface area contributed by atoms with Gasteiger partial charge in [0.1, 0.15) is 10.7 Å². The lowest BCUT2D eigenvalue weighted by atomic mass is 10.3. The Kier molecular flexibility index (Phi) is 4.05. The van der Waals surface area contributed by atoms with Gasteiger partial charge in [-0.25, -0.2) is 20.8 Å². The van der Waals surface area contributed by atoms with Gasteiger partial charge < -0.3 is 5.43 Å². The molecular weight excluding hydrogens is 302 g/mol. The van der Waals surface area contributed by atoms with Crippen molar-refractivity contribution in [3.05, 3.63) is 40.7 Å². The molecule has 7 heteroatoms. The van der Waals surface area contributed by atoms with Gasteiger partial charge >= 0.3 is 0 Å². The molecule has 0 spiro atoms. The first kappa shape index (κ1) is 14.2. The predicted molar refractivity (Wildman–Crippen MR) is 88.5 cm³/mol. The van der Waals surface area contributed by atoms with E-state index >= 15 is 0 Å². The molecule has 0 aromatic carbocycles. The van der Waals surface area contributed by atoms with E-state index < -0.39 is 0 Å². The van der Waals surface area contributed by atoms with E-state index in [0.29, 0.717) is 11.6 Å². The van der Waals surface area contributed by atoms with Crippen LogP contribution < -0.4 is 11.3 Å². The standard InChI is InChI=1S/C14H15N5S2/c1-8-5-9(2)16-12(6-8)21-7-11-17-13(19-15)10-3-4-20-14(10)18-11/h3-6H,7,15H2,1-2H3,(H,17,18,19). The van der Waals surface area contributed by atoms with Gasteiger partial charge in [0, 0.05) is 5.69 Å². The Morgan fingerprint density at radius 1 is 1.24 bits per heavy atom. The molecule has 0 bridgehead atoms. The molecule has 0 saturated carbocycles. The third kappa shape index (κ3) is 3.15. The normalized spacial score (nSPS) is 11.0. The molecule has 3 heterocycles. The van der Waals surface area contributed by atoms with Crippen LogP contribution in [0.2, 0.25) is 0 Å². The Bertz CT molecular complexity index is 764. The van der Waals surface area contributed by atoms with Crippen LogP contribution in [0, 0.1) is 13.8 Å². The first-order chi connectivity index (χ1) is 10.2. The van der Waals surface area contributed by atoms with Crippen LogP contribution in [0.4, 0.5) is 5.82 Å². The molecule has 0 saturated heterocycles. The van der Waals surface area contributed by atoms with Crippen molar-refractivity contribution in [3.8, 4) is 0 Å². The molecule has 3 rings (SSSR count). The highest BCUT2D eigenvalue weighted by molar-refractivity contribution is 7.98. The molecule has 0 atom stereocenters. The van der Waals surface area contributed by atoms with E-state index in [2.05, 4.69) is 39.4 Å². The maximum atomic E-state index is 5.54. The van der Waals surface area contributed by atoms with Crippen LogP contribution in [0.1, 0.15) is 17.1 Å². The lowest BCUT2D eigenvalue weighted by Crippen LogP contribution is -2.10. The Hall–Kier alpha value is -1.70. The maximum Gasteiger partial charge on any atom is 0.152 e. The lowest BCUT2D eigenvalue weighted by Gasteiger charge is -2.06. The molecule has 0 unspecified atom stereocenters. The largest absolute Gasteiger partial charge is 0.308 e. The van der Waals surface area contributed by atoms with Gasteiger partial charge in [-0.15, -0.1) is 11.3 Å². The summed E-state index contributed by atoms with van der Waals surface area (Å²) in [5.41, 5.74) is 4.88. The summed E-state index contributed by atoms with van der Waals surface area (Å²) in [6.07, 6.45) is 0. The van der Waals surface area contributed by atoms with Gasteiger partial charge in [0.25, 0.3) is 0 Å². The van der Waals surface area contributed by atoms with E-state index in [1.807, 2.05) is 18.4 Å². The molecule has 0 aliphatic rings. The monoisotopic (exact) mass is 317 g/mol. The number of nitrogens with zero attached hydrogens (tertiary/aromatic N) is 3. The minimum atomic E-state index is 0.665. The molecule has 5 nitrogen and oxygen atoms in total. The number of pyridine rings is 1. The van der Waals surface area contributed by atoms with Crippen molar-refractivity contribution in [2.24, 2.45) is 5.84 Å². The number of aromatic nitrogens is 3. The molecule has 3 aromatic heterocycles. The molecule has 0 aliphatic carbocycles. The van der Waals surface area contributed by atoms with E-state index in [4.69, 9.17) is 5.84 Å². The summed E-state index contributed by atoms with van der Waals surface area (Å²) in [5.74, 6) is 7.63. The van der Waals surface area contributed by atoms with Crippen molar-refractivity contribution in [3.63, 3.8) is 0 Å². The number of anilines is 1. The van der Waals surface area contributed by atoms with Gasteiger partial charge in [-0.2, -0.15) is 0 Å². The summed E-state index contributed by atoms with van der Waals surface area (Å²) in [4.78, 5) is 14.5. The van der Waals surface area contributed by atoms with Crippen molar-refractivity contribution < 1.29 is 0 Å². The number of thioether (sulfide) groups is 1. The first-order valence-electron chi connectivity index (χ1n) is 6.44. The molecule has 0 radical (unpaired) electrons. The number of aryl methyl sites for hydroxylation is 2. The number of hydrogen-bond donors (Lipinski definition) is 2. The van der Waals surface area contributed by atoms with Crippen molar-refractivity contribution in [2.45, 2.75) is 24.6 Å². The van der Waals surface area contributed by atoms with Crippen molar-refractivity contribution in [2.75, 3.05) is 5.43 Å². The smallest absolute Gasteiger partial charge is 0.152 e. The minimum absolute atomic E-state index is 0.665. The highest BCUT2D eigenvalue weighted by atomic mass is 32.2. The van der Waals surface area contributed by atoms with Crippen molar-refractivity contribution >= 4 is 39.1 Å². The van der Waals surface area contributed by atoms with Crippen molar-refractivity contribution in [1.29, 1.82) is 0 Å². The van der Waals surface area contributed by atoms with Gasteiger partial charge in [-0.1, -0.05) is 11.8 Å². The molecule has 0 aliphatic heterocycles. The molecule has 0 amide bonds. The van der Waals surface area contributed by atoms with Crippen LogP contribution in [0.25, 0.3) is 10.2 Å². The van der Waals surface area contributed by atoms with Gasteiger partial charge in [0.2, 0.25) is 0 Å². The highest BCUT2D eigenvalue weighted by Gasteiger charge is 2.09. The number of thiophene rings is 1. The molecular formula is C14H15N5S2. The van der Waals surface area contributed by atoms with E-state index in [0.717, 1.165) is 26.8 Å². The van der Waals surface area contributed by atoms with Gasteiger partial charge in [0.15, 0.2) is 5.82 Å². The van der Waals surface area contributed by atoms with E-state index in [1.165, 1.54) is 5.56 Å². The van der Waals surface area contributed by atoms with E-state index in [1.54, 1.807) is 23.1 Å². The second kappa shape index (κ2) is 5.97. The summed E-state index contributed by atoms with van der Waals surface area (Å²) in [7, 11) is 0. The number of hydrazine groups is 1. The Morgan fingerprint density at radius 3 is 2.86 bits per heavy atom. The topological polar surface area (TPSA) is 76.7 Å². The fourth-order valence-corrected chi connectivity index (χ4v) is 3.76. The van der Waals surface area contributed by atoms with Crippen LogP contribution in [0.15, 0.2) is 28.6 Å². The Balaban J connectivity index is 1.84. The number of nitrogens with two attached hydrogens (primary N) is 1. The second-order valence-electron chi connectivity index (χ2n) is 4.68. The Labute approximate surface area is 131 Å². The molecule has 3 N–H and O–H groups in total. The summed E-state index contributed by atoms with van der Waals surface area (Å²) >= 11 is 3.22. The molecule has 21 heavy (non-hydrogen) atoms. The fraction of sp³-hybridized carbons (Fsp3) is 0.214. The highest BCUT2D eigenvalue weighted by Crippen LogP contribution is 2.27. The van der Waals surface area contributed by atoms with Crippen LogP contribution in [-0.2, 0) is 5.75 Å². The number of fused-ring (bicyclic) bond motifs is 1. The fourth-order valence-electron chi connectivity index (χ4n) is 2.09. The lowest BCUT2D eigenvalue weighted by molar-refractivity contribution is 1.03. The third-order valence-electron chi connectivity index (χ3n) is 2.93. The second-order valence-corrected chi connectivity index (χ2v) is 6.58. The number of hydrogen-bond acceptors (Lipinski definition) is 7. The quantitative estimate of drug-likeness (QED) is 0.437. The van der Waals surface area contributed by atoms with Gasteiger partial charge in [0.05, 0.1) is 16.2 Å². The number of nitrogens with one attached hydrogen (secondary N) is 1. The van der Waals surface area contributed by atoms with Crippen LogP contribution in [0.3, 0.4) is 0 Å². The minimum Gasteiger partial charge on any atom is -0.308 e. The predicted octanol–water partition coefficient (Wildman–Crippen LogP) is 3.28. The molecule has 3 aromatic rings. The summed E-state index contributed by atoms with van der Waals surface area (Å²) in [6.45, 7) is 4.07. The van der Waals surface area contributed by atoms with E-state index in [9.17, 15) is 0 Å². The average Bonchev–Trinajstić information content (AvgIpc) is 2.91. The average molecular weight is 317 g/mol. The Morgan fingerprint density at radius 2 is 2.10 bits per heavy atom. The van der Waals surface area contributed by atoms with Crippen LogP contribution >= 0.6 is 23.1 Å². The summed E-state index contributed by atoms with van der Waals surface area (Å²) < 4.78 is 0. The SMILES string of the molecule is Cc1cc(C)nc(SCc2nc(NN)c3ccsc3n2)c1. The number of nitrogen functional groups attached to an aromatic ring is 1. The maximum absolute atomic E-state index is 5.54. The van der Waals surface area contributed by atoms with Crippen LogP contribution in [0.5, 0.6) is 0 Å². The van der Waals surface area contributed by atoms with Crippen LogP contribution in [-0.4, -0.2) is 15.0 Å². The van der Waals surface area contributed by atoms with Crippen molar-refractivity contribution in [1.82, 2.24) is 15.0 Å². The molecule has 108 valence electrons. The zero-order chi connectivity index (χ0) is 14.8. The van der Waals surface area contributed by atoms with E-state index in [-0.39, 0.29) is 0 Å². The van der Waals surface area contributed by atoms with Gasteiger partial charge in [-0.3, -0.25) is 0 Å². The number of rotatable bonds is 4. The zero-order valence-corrected chi connectivity index (χ0v) is 13.4. The third-order valence-corrected chi connectivity index (χ3v) is 4.65. The molecule has 0 fully saturated rings. The zero-order valence-electron chi connectivity index (χ0n) is 11.8. The first-order valence-corrected chi connectivity index (χ1v) is 8.31. The van der Waals surface area contributed by atoms with Gasteiger partial charge in [-0.05, 0) is 43.0 Å².